The summed E-state index contributed by atoms with van der Waals surface area (Å²) < 4.78 is 12.5. The van der Waals surface area contributed by atoms with Gasteiger partial charge in [-0.2, -0.15) is 0 Å². The molecular weight excluding hydrogens is 787 g/mol. The van der Waals surface area contributed by atoms with Crippen LogP contribution < -0.4 is 10.9 Å². The van der Waals surface area contributed by atoms with Crippen molar-refractivity contribution in [2.75, 3.05) is 0 Å². The van der Waals surface area contributed by atoms with Crippen LogP contribution in [0.25, 0.3) is 82.7 Å². The molecule has 9 aromatic rings. The van der Waals surface area contributed by atoms with E-state index in [4.69, 9.17) is 4.42 Å². The Balaban J connectivity index is 1.02. The lowest BCUT2D eigenvalue weighted by Crippen LogP contribution is -2.55. The van der Waals surface area contributed by atoms with E-state index >= 15 is 0 Å². The molecule has 316 valence electrons. The molecule has 0 radical (unpaired) electrons. The number of nitrogens with zero attached hydrogens (tertiary/aromatic N) is 2. The molecule has 4 unspecified atom stereocenters. The largest absolute Gasteiger partial charge is 0.454 e. The SMILES string of the molecule is CC1(C)c2ccccc2-c2cc3c4c(c21)-c1cc(C25CCC6CC(CC6C2)C5)cc2c5cc(C67CC8CC(CC(C8)C6)C7)ccc5n(c12)B4c1cccc2c4oc5ccccc5c4n-3c12. The lowest BCUT2D eigenvalue weighted by Gasteiger charge is -2.57. The van der Waals surface area contributed by atoms with Crippen molar-refractivity contribution in [1.82, 2.24) is 9.05 Å². The van der Waals surface area contributed by atoms with Gasteiger partial charge in [-0.1, -0.05) is 68.4 Å². The molecule has 10 aliphatic rings. The molecule has 4 atom stereocenters. The minimum absolute atomic E-state index is 0.0363. The summed E-state index contributed by atoms with van der Waals surface area (Å²) in [6.45, 7) is 5.10. The van der Waals surface area contributed by atoms with Crippen LogP contribution in [0, 0.1) is 35.5 Å². The lowest BCUT2D eigenvalue weighted by atomic mass is 9.44. The Labute approximate surface area is 380 Å². The highest BCUT2D eigenvalue weighted by atomic mass is 16.3. The molecule has 0 spiro atoms. The third-order valence-electron chi connectivity index (χ3n) is 21.0. The normalized spacial score (nSPS) is 31.0. The minimum Gasteiger partial charge on any atom is -0.454 e. The summed E-state index contributed by atoms with van der Waals surface area (Å²) in [7, 11) is 0. The Bertz CT molecular complexity index is 3700. The van der Waals surface area contributed by atoms with Crippen molar-refractivity contribution in [3.05, 3.63) is 125 Å². The topological polar surface area (TPSA) is 23.0 Å². The predicted molar refractivity (Wildman–Crippen MR) is 267 cm³/mol. The molecule has 7 bridgehead atoms. The molecule has 5 heterocycles. The second-order valence-electron chi connectivity index (χ2n) is 24.3. The summed E-state index contributed by atoms with van der Waals surface area (Å²) in [6.07, 6.45) is 17.2. The molecule has 4 heteroatoms. The smallest absolute Gasteiger partial charge is 0.333 e. The van der Waals surface area contributed by atoms with Gasteiger partial charge in [0, 0.05) is 49.2 Å². The Morgan fingerprint density at radius 2 is 1.34 bits per heavy atom. The zero-order chi connectivity index (χ0) is 42.0. The Morgan fingerprint density at radius 1 is 0.585 bits per heavy atom. The average Bonchev–Trinajstić information content (AvgIpc) is 4.06. The minimum atomic E-state index is -0.163. The third kappa shape index (κ3) is 3.92. The molecule has 8 aliphatic carbocycles. The zero-order valence-electron chi connectivity index (χ0n) is 37.6. The van der Waals surface area contributed by atoms with Gasteiger partial charge in [0.15, 0.2) is 5.58 Å². The molecule has 3 nitrogen and oxygen atoms in total. The van der Waals surface area contributed by atoms with Crippen LogP contribution in [0.15, 0.2) is 108 Å². The molecule has 0 N–H and O–H groups in total. The molecule has 0 amide bonds. The van der Waals surface area contributed by atoms with E-state index in [1.54, 1.807) is 11.1 Å². The standard InChI is InChI=1S/C61H53BN2O/c1-59(2)47-11-5-3-8-40(47)44-26-50-54-52(53(44)59)46-25-39(60-17-16-36-21-35(27-60)22-37(36)31-60)24-45-43-23-38(61-28-32-18-33(29-61)20-34(19-32)30-61)14-15-49(43)64(55(45)46)62(54)48-12-7-10-42-56(48)63(50)57-41-9-4-6-13-51(41)65-58(42)57/h3-15,23-26,32-37H,16-22,27-31H2,1-2H3. The second-order valence-corrected chi connectivity index (χ2v) is 24.3. The van der Waals surface area contributed by atoms with Crippen LogP contribution in [0.1, 0.15) is 113 Å². The molecule has 3 aromatic heterocycles. The van der Waals surface area contributed by atoms with E-state index in [2.05, 4.69) is 126 Å². The predicted octanol–water partition coefficient (Wildman–Crippen LogP) is 13.8. The number of hydrogen-bond donors (Lipinski definition) is 0. The van der Waals surface area contributed by atoms with E-state index in [9.17, 15) is 0 Å². The van der Waals surface area contributed by atoms with E-state index in [0.717, 1.165) is 46.7 Å². The zero-order valence-corrected chi connectivity index (χ0v) is 37.6. The highest BCUT2D eigenvalue weighted by Gasteiger charge is 2.55. The van der Waals surface area contributed by atoms with E-state index in [-0.39, 0.29) is 17.7 Å². The van der Waals surface area contributed by atoms with Crippen molar-refractivity contribution >= 4 is 72.6 Å². The fourth-order valence-electron chi connectivity index (χ4n) is 19.1. The monoisotopic (exact) mass is 840 g/mol. The van der Waals surface area contributed by atoms with Gasteiger partial charge in [0.05, 0.1) is 5.52 Å². The first-order valence-corrected chi connectivity index (χ1v) is 25.7. The maximum atomic E-state index is 6.94. The molecule has 2 aliphatic heterocycles. The second kappa shape index (κ2) is 11.0. The Hall–Kier alpha value is -5.48. The van der Waals surface area contributed by atoms with Gasteiger partial charge in [-0.05, 0) is 222 Å². The first-order valence-electron chi connectivity index (χ1n) is 25.7. The number of rotatable bonds is 2. The van der Waals surface area contributed by atoms with Crippen LogP contribution in [0.2, 0.25) is 0 Å². The highest BCUT2D eigenvalue weighted by molar-refractivity contribution is 6.90. The number of benzene rings is 6. The quantitative estimate of drug-likeness (QED) is 0.159. The van der Waals surface area contributed by atoms with Crippen LogP contribution in [-0.2, 0) is 16.2 Å². The van der Waals surface area contributed by atoms with Crippen molar-refractivity contribution in [3.63, 3.8) is 0 Å². The summed E-state index contributed by atoms with van der Waals surface area (Å²) in [5.41, 5.74) is 24.3. The maximum absolute atomic E-state index is 6.94. The summed E-state index contributed by atoms with van der Waals surface area (Å²) in [5.74, 6) is 5.53. The molecular formula is C61H53BN2O. The van der Waals surface area contributed by atoms with Gasteiger partial charge in [-0.25, -0.2) is 0 Å². The summed E-state index contributed by atoms with van der Waals surface area (Å²) >= 11 is 0. The van der Waals surface area contributed by atoms with Gasteiger partial charge in [0.25, 0.3) is 0 Å². The fraction of sp³-hybridized carbons (Fsp3) is 0.377. The molecule has 6 aromatic carbocycles. The van der Waals surface area contributed by atoms with Crippen LogP contribution in [-0.4, -0.2) is 15.9 Å². The molecule has 7 saturated carbocycles. The van der Waals surface area contributed by atoms with Gasteiger partial charge in [-0.15, -0.1) is 0 Å². The summed E-state index contributed by atoms with van der Waals surface area (Å²) in [6, 6.07) is 41.6. The number of para-hydroxylation sites is 2. The van der Waals surface area contributed by atoms with Crippen LogP contribution in [0.4, 0.5) is 0 Å². The number of furan rings is 1. The van der Waals surface area contributed by atoms with Gasteiger partial charge in [0.1, 0.15) is 11.1 Å². The van der Waals surface area contributed by atoms with Gasteiger partial charge < -0.3 is 13.5 Å². The number of aromatic nitrogens is 2. The van der Waals surface area contributed by atoms with Crippen molar-refractivity contribution in [1.29, 1.82) is 0 Å². The molecule has 65 heavy (non-hydrogen) atoms. The van der Waals surface area contributed by atoms with Crippen molar-refractivity contribution in [2.45, 2.75) is 107 Å². The summed E-state index contributed by atoms with van der Waals surface area (Å²) in [5, 5.41) is 5.46. The molecule has 7 fully saturated rings. The van der Waals surface area contributed by atoms with Crippen molar-refractivity contribution < 1.29 is 4.42 Å². The maximum Gasteiger partial charge on any atom is 0.333 e. The van der Waals surface area contributed by atoms with E-state index in [0.29, 0.717) is 5.41 Å². The first kappa shape index (κ1) is 34.8. The van der Waals surface area contributed by atoms with E-state index in [1.165, 1.54) is 171 Å². The van der Waals surface area contributed by atoms with Gasteiger partial charge in [0.2, 0.25) is 0 Å². The van der Waals surface area contributed by atoms with Crippen LogP contribution in [0.5, 0.6) is 0 Å². The van der Waals surface area contributed by atoms with Crippen LogP contribution >= 0.6 is 0 Å². The first-order chi connectivity index (χ1) is 31.8. The fourth-order valence-corrected chi connectivity index (χ4v) is 19.1. The number of hydrogen-bond acceptors (Lipinski definition) is 1. The van der Waals surface area contributed by atoms with Gasteiger partial charge >= 0.3 is 6.85 Å². The third-order valence-corrected chi connectivity index (χ3v) is 21.0. The van der Waals surface area contributed by atoms with Crippen LogP contribution in [0.3, 0.4) is 0 Å². The van der Waals surface area contributed by atoms with Gasteiger partial charge in [-0.3, -0.25) is 0 Å². The number of fused-ring (bicyclic) bond motifs is 18. The molecule has 19 rings (SSSR count). The van der Waals surface area contributed by atoms with E-state index < -0.39 is 0 Å². The highest BCUT2D eigenvalue weighted by Crippen LogP contribution is 2.64. The van der Waals surface area contributed by atoms with E-state index in [1.807, 2.05) is 0 Å². The van der Waals surface area contributed by atoms with Crippen molar-refractivity contribution in [2.24, 2.45) is 35.5 Å². The summed E-state index contributed by atoms with van der Waals surface area (Å²) in [4.78, 5) is 0. The van der Waals surface area contributed by atoms with Crippen molar-refractivity contribution in [3.8, 4) is 27.9 Å². The lowest BCUT2D eigenvalue weighted by molar-refractivity contribution is -0.00512. The average molecular weight is 841 g/mol. The Kier molecular flexibility index (Phi) is 5.91. The Morgan fingerprint density at radius 3 is 2.22 bits per heavy atom. The molecule has 0 saturated heterocycles.